The molecule has 0 spiro atoms. The van der Waals surface area contributed by atoms with Crippen LogP contribution >= 0.6 is 0 Å². The molecule has 0 radical (unpaired) electrons. The Morgan fingerprint density at radius 3 is 2.44 bits per heavy atom. The smallest absolute Gasteiger partial charge is 0.0897 e. The number of hydrogen-bond donors (Lipinski definition) is 2. The van der Waals surface area contributed by atoms with Crippen LogP contribution in [-0.4, -0.2) is 64.9 Å². The molecule has 0 bridgehead atoms. The van der Waals surface area contributed by atoms with Gasteiger partial charge in [0.15, 0.2) is 0 Å². The fourth-order valence-electron chi connectivity index (χ4n) is 1.26. The van der Waals surface area contributed by atoms with Gasteiger partial charge in [0.25, 0.3) is 0 Å². The number of ether oxygens (including phenoxy) is 3. The minimum absolute atomic E-state index is 0.342. The molecule has 0 aromatic rings. The van der Waals surface area contributed by atoms with Gasteiger partial charge in [0.05, 0.1) is 25.9 Å². The van der Waals surface area contributed by atoms with E-state index in [1.54, 1.807) is 14.2 Å². The van der Waals surface area contributed by atoms with Crippen LogP contribution in [0.4, 0.5) is 0 Å². The zero-order chi connectivity index (χ0) is 12.2. The maximum absolute atomic E-state index is 9.53. The van der Waals surface area contributed by atoms with Gasteiger partial charge in [0.2, 0.25) is 0 Å². The summed E-state index contributed by atoms with van der Waals surface area (Å²) in [6.07, 6.45) is -0.466. The zero-order valence-electron chi connectivity index (χ0n) is 10.6. The number of aliphatic hydroxyl groups excluding tert-OH is 1. The van der Waals surface area contributed by atoms with Crippen molar-refractivity contribution < 1.29 is 19.3 Å². The van der Waals surface area contributed by atoms with Crippen molar-refractivity contribution in [3.63, 3.8) is 0 Å². The van der Waals surface area contributed by atoms with E-state index in [2.05, 4.69) is 12.2 Å². The summed E-state index contributed by atoms with van der Waals surface area (Å²) in [6.45, 7) is 5.63. The van der Waals surface area contributed by atoms with Gasteiger partial charge >= 0.3 is 0 Å². The Kier molecular flexibility index (Phi) is 11.1. The molecule has 0 aliphatic carbocycles. The summed E-state index contributed by atoms with van der Waals surface area (Å²) < 4.78 is 15.0. The van der Waals surface area contributed by atoms with Crippen molar-refractivity contribution >= 4 is 0 Å². The Balaban J connectivity index is 3.26. The Hall–Kier alpha value is -0.200. The zero-order valence-corrected chi connectivity index (χ0v) is 10.6. The molecular formula is C11H25NO4. The first-order chi connectivity index (χ1) is 7.70. The van der Waals surface area contributed by atoms with E-state index < -0.39 is 6.10 Å². The van der Waals surface area contributed by atoms with E-state index in [4.69, 9.17) is 14.2 Å². The van der Waals surface area contributed by atoms with Gasteiger partial charge in [-0.25, -0.2) is 0 Å². The highest BCUT2D eigenvalue weighted by Crippen LogP contribution is 1.92. The van der Waals surface area contributed by atoms with Crippen molar-refractivity contribution in [2.24, 2.45) is 5.92 Å². The maximum atomic E-state index is 9.53. The molecule has 5 nitrogen and oxygen atoms in total. The second kappa shape index (κ2) is 11.3. The van der Waals surface area contributed by atoms with Gasteiger partial charge in [-0.1, -0.05) is 6.92 Å². The molecule has 0 aliphatic rings. The van der Waals surface area contributed by atoms with E-state index in [-0.39, 0.29) is 0 Å². The van der Waals surface area contributed by atoms with E-state index in [0.717, 1.165) is 13.2 Å². The van der Waals surface area contributed by atoms with Crippen molar-refractivity contribution in [2.45, 2.75) is 13.0 Å². The Morgan fingerprint density at radius 1 is 1.06 bits per heavy atom. The number of methoxy groups -OCH3 is 2. The first-order valence-corrected chi connectivity index (χ1v) is 5.65. The molecule has 0 saturated carbocycles. The third-order valence-corrected chi connectivity index (χ3v) is 2.07. The van der Waals surface area contributed by atoms with Crippen molar-refractivity contribution in [3.05, 3.63) is 0 Å². The second-order valence-electron chi connectivity index (χ2n) is 3.94. The van der Waals surface area contributed by atoms with Gasteiger partial charge in [0.1, 0.15) is 0 Å². The minimum atomic E-state index is -0.466. The van der Waals surface area contributed by atoms with Crippen LogP contribution in [0.1, 0.15) is 6.92 Å². The minimum Gasteiger partial charge on any atom is -0.389 e. The Bertz CT molecular complexity index is 146. The summed E-state index contributed by atoms with van der Waals surface area (Å²) in [6, 6.07) is 0. The van der Waals surface area contributed by atoms with E-state index in [1.807, 2.05) is 0 Å². The van der Waals surface area contributed by atoms with Gasteiger partial charge in [-0.3, -0.25) is 0 Å². The Labute approximate surface area is 98.1 Å². The van der Waals surface area contributed by atoms with Gasteiger partial charge in [-0.2, -0.15) is 0 Å². The van der Waals surface area contributed by atoms with Crippen LogP contribution < -0.4 is 5.32 Å². The molecule has 0 aromatic carbocycles. The first kappa shape index (κ1) is 15.8. The third kappa shape index (κ3) is 10.3. The lowest BCUT2D eigenvalue weighted by molar-refractivity contribution is 0.0133. The average Bonchev–Trinajstić information content (AvgIpc) is 2.25. The summed E-state index contributed by atoms with van der Waals surface area (Å²) in [7, 11) is 3.31. The summed E-state index contributed by atoms with van der Waals surface area (Å²) in [5.41, 5.74) is 0. The van der Waals surface area contributed by atoms with E-state index in [1.165, 1.54) is 0 Å². The van der Waals surface area contributed by atoms with Crippen molar-refractivity contribution in [1.29, 1.82) is 0 Å². The van der Waals surface area contributed by atoms with Crippen LogP contribution in [0.5, 0.6) is 0 Å². The van der Waals surface area contributed by atoms with E-state index in [0.29, 0.717) is 32.3 Å². The molecule has 0 fully saturated rings. The lowest BCUT2D eigenvalue weighted by Crippen LogP contribution is -2.34. The fourth-order valence-corrected chi connectivity index (χ4v) is 1.26. The van der Waals surface area contributed by atoms with Crippen LogP contribution in [0.25, 0.3) is 0 Å². The Morgan fingerprint density at radius 2 is 1.81 bits per heavy atom. The normalized spacial score (nSPS) is 15.0. The third-order valence-electron chi connectivity index (χ3n) is 2.07. The van der Waals surface area contributed by atoms with Crippen molar-refractivity contribution in [2.75, 3.05) is 53.7 Å². The van der Waals surface area contributed by atoms with E-state index >= 15 is 0 Å². The number of rotatable bonds is 11. The van der Waals surface area contributed by atoms with Crippen molar-refractivity contribution in [1.82, 2.24) is 5.32 Å². The molecule has 2 N–H and O–H groups in total. The molecule has 0 saturated heterocycles. The molecule has 2 atom stereocenters. The molecule has 0 aromatic heterocycles. The summed E-state index contributed by atoms with van der Waals surface area (Å²) in [5.74, 6) is 0.451. The van der Waals surface area contributed by atoms with Gasteiger partial charge in [0, 0.05) is 27.4 Å². The standard InChI is InChI=1S/C11H25NO4/c1-10(8-15-3)6-12-7-11(13)9-16-5-4-14-2/h10-13H,4-9H2,1-3H3. The van der Waals surface area contributed by atoms with Gasteiger partial charge < -0.3 is 24.6 Å². The highest BCUT2D eigenvalue weighted by molar-refractivity contribution is 4.61. The van der Waals surface area contributed by atoms with Gasteiger partial charge in [-0.15, -0.1) is 0 Å². The molecule has 0 rings (SSSR count). The summed E-state index contributed by atoms with van der Waals surface area (Å²) >= 11 is 0. The van der Waals surface area contributed by atoms with Crippen LogP contribution in [0, 0.1) is 5.92 Å². The molecule has 0 aliphatic heterocycles. The summed E-state index contributed by atoms with van der Waals surface area (Å²) in [4.78, 5) is 0. The predicted octanol–water partition coefficient (Wildman–Crippen LogP) is -0.118. The lowest BCUT2D eigenvalue weighted by Gasteiger charge is -2.15. The highest BCUT2D eigenvalue weighted by Gasteiger charge is 2.05. The van der Waals surface area contributed by atoms with Crippen LogP contribution in [0.3, 0.4) is 0 Å². The predicted molar refractivity (Wildman–Crippen MR) is 62.6 cm³/mol. The maximum Gasteiger partial charge on any atom is 0.0897 e. The largest absolute Gasteiger partial charge is 0.389 e. The SMILES string of the molecule is COCCOCC(O)CNCC(C)COC. The first-order valence-electron chi connectivity index (χ1n) is 5.65. The number of hydrogen-bond acceptors (Lipinski definition) is 5. The monoisotopic (exact) mass is 235 g/mol. The quantitative estimate of drug-likeness (QED) is 0.489. The molecule has 0 amide bonds. The van der Waals surface area contributed by atoms with E-state index in [9.17, 15) is 5.11 Å². The lowest BCUT2D eigenvalue weighted by atomic mass is 10.2. The second-order valence-corrected chi connectivity index (χ2v) is 3.94. The molecule has 0 heterocycles. The van der Waals surface area contributed by atoms with Gasteiger partial charge in [-0.05, 0) is 12.5 Å². The average molecular weight is 235 g/mol. The summed E-state index contributed by atoms with van der Waals surface area (Å²) in [5, 5.41) is 12.7. The molecule has 5 heteroatoms. The molecule has 2 unspecified atom stereocenters. The fraction of sp³-hybridized carbons (Fsp3) is 1.00. The van der Waals surface area contributed by atoms with Crippen LogP contribution in [-0.2, 0) is 14.2 Å². The van der Waals surface area contributed by atoms with Crippen molar-refractivity contribution in [3.8, 4) is 0 Å². The highest BCUT2D eigenvalue weighted by atomic mass is 16.5. The molecule has 98 valence electrons. The molecular weight excluding hydrogens is 210 g/mol. The van der Waals surface area contributed by atoms with Crippen LogP contribution in [0.2, 0.25) is 0 Å². The van der Waals surface area contributed by atoms with Crippen LogP contribution in [0.15, 0.2) is 0 Å². The number of aliphatic hydroxyl groups is 1. The topological polar surface area (TPSA) is 60.0 Å². The number of nitrogens with one attached hydrogen (secondary N) is 1. The molecule has 16 heavy (non-hydrogen) atoms.